The molecule has 1 N–H and O–H groups in total. The summed E-state index contributed by atoms with van der Waals surface area (Å²) in [6, 6.07) is 1.30. The van der Waals surface area contributed by atoms with E-state index in [2.05, 4.69) is 18.7 Å². The summed E-state index contributed by atoms with van der Waals surface area (Å²) in [4.78, 5) is 24.3. The number of aromatic nitrogens is 1. The lowest BCUT2D eigenvalue weighted by Crippen LogP contribution is -2.27. The van der Waals surface area contributed by atoms with Crippen LogP contribution in [0.5, 0.6) is 0 Å². The van der Waals surface area contributed by atoms with Gasteiger partial charge in [0.1, 0.15) is 5.56 Å². The number of carboxylic acid groups (broad SMARTS) is 1. The number of likely N-dealkylation sites (N-methyl/N-ethyl adjacent to an activating group) is 1. The summed E-state index contributed by atoms with van der Waals surface area (Å²) in [5.74, 6) is -1.17. The average Bonchev–Trinajstić information content (AvgIpc) is 2.32. The molecule has 1 aromatic heterocycles. The Bertz CT molecular complexity index is 436. The predicted molar refractivity (Wildman–Crippen MR) is 65.4 cm³/mol. The lowest BCUT2D eigenvalue weighted by molar-refractivity contribution is 0.0694. The first kappa shape index (κ1) is 13.4. The molecule has 5 nitrogen and oxygen atoms in total. The highest BCUT2D eigenvalue weighted by Crippen LogP contribution is 1.95. The van der Waals surface area contributed by atoms with Crippen molar-refractivity contribution < 1.29 is 9.90 Å². The van der Waals surface area contributed by atoms with Crippen molar-refractivity contribution in [2.45, 2.75) is 20.4 Å². The lowest BCUT2D eigenvalue weighted by atomic mass is 10.3. The lowest BCUT2D eigenvalue weighted by Gasteiger charge is -2.18. The molecule has 0 aliphatic carbocycles. The van der Waals surface area contributed by atoms with E-state index in [0.717, 1.165) is 19.6 Å². The van der Waals surface area contributed by atoms with Crippen molar-refractivity contribution in [1.29, 1.82) is 0 Å². The van der Waals surface area contributed by atoms with Crippen molar-refractivity contribution in [3.05, 3.63) is 34.2 Å². The molecule has 0 unspecified atom stereocenters. The van der Waals surface area contributed by atoms with Crippen molar-refractivity contribution in [2.75, 3.05) is 19.6 Å². The zero-order valence-corrected chi connectivity index (χ0v) is 10.2. The molecule has 1 heterocycles. The Morgan fingerprint density at radius 2 is 2.06 bits per heavy atom. The van der Waals surface area contributed by atoms with Crippen LogP contribution in [0.3, 0.4) is 0 Å². The largest absolute Gasteiger partial charge is 0.477 e. The van der Waals surface area contributed by atoms with Gasteiger partial charge in [-0.2, -0.15) is 0 Å². The van der Waals surface area contributed by atoms with Crippen LogP contribution in [0, 0.1) is 0 Å². The number of carboxylic acids is 1. The molecular formula is C12H18N2O3. The van der Waals surface area contributed by atoms with Crippen LogP contribution in [0.2, 0.25) is 0 Å². The van der Waals surface area contributed by atoms with E-state index in [1.54, 1.807) is 10.8 Å². The maximum Gasteiger partial charge on any atom is 0.341 e. The van der Waals surface area contributed by atoms with Crippen LogP contribution in [0.4, 0.5) is 0 Å². The van der Waals surface area contributed by atoms with Gasteiger partial charge >= 0.3 is 5.97 Å². The molecule has 0 aliphatic rings. The van der Waals surface area contributed by atoms with Crippen molar-refractivity contribution in [2.24, 2.45) is 0 Å². The van der Waals surface area contributed by atoms with Crippen LogP contribution in [0.25, 0.3) is 0 Å². The Morgan fingerprint density at radius 1 is 1.41 bits per heavy atom. The second kappa shape index (κ2) is 6.20. The minimum atomic E-state index is -1.17. The quantitative estimate of drug-likeness (QED) is 0.799. The van der Waals surface area contributed by atoms with E-state index in [9.17, 15) is 9.59 Å². The molecule has 0 fully saturated rings. The molecule has 0 spiro atoms. The molecule has 94 valence electrons. The summed E-state index contributed by atoms with van der Waals surface area (Å²) in [7, 11) is 0. The van der Waals surface area contributed by atoms with Crippen LogP contribution >= 0.6 is 0 Å². The zero-order chi connectivity index (χ0) is 12.8. The van der Waals surface area contributed by atoms with Crippen molar-refractivity contribution in [3.8, 4) is 0 Å². The number of hydrogen-bond donors (Lipinski definition) is 1. The third-order valence-corrected chi connectivity index (χ3v) is 2.78. The molecule has 0 saturated carbocycles. The van der Waals surface area contributed by atoms with E-state index >= 15 is 0 Å². The topological polar surface area (TPSA) is 62.5 Å². The molecule has 0 amide bonds. The van der Waals surface area contributed by atoms with Gasteiger partial charge in [0.05, 0.1) is 0 Å². The fraction of sp³-hybridized carbons (Fsp3) is 0.500. The molecule has 0 bridgehead atoms. The average molecular weight is 238 g/mol. The monoisotopic (exact) mass is 238 g/mol. The smallest absolute Gasteiger partial charge is 0.341 e. The van der Waals surface area contributed by atoms with Crippen molar-refractivity contribution in [3.63, 3.8) is 0 Å². The van der Waals surface area contributed by atoms with Gasteiger partial charge in [-0.25, -0.2) is 4.79 Å². The minimum absolute atomic E-state index is 0.174. The second-order valence-corrected chi connectivity index (χ2v) is 3.79. The normalized spacial score (nSPS) is 10.8. The number of pyridine rings is 1. The van der Waals surface area contributed by atoms with Crippen LogP contribution in [0.15, 0.2) is 23.3 Å². The van der Waals surface area contributed by atoms with Gasteiger partial charge in [-0.15, -0.1) is 0 Å². The number of hydrogen-bond acceptors (Lipinski definition) is 3. The Labute approximate surface area is 100 Å². The maximum atomic E-state index is 11.3. The third kappa shape index (κ3) is 3.71. The second-order valence-electron chi connectivity index (χ2n) is 3.79. The van der Waals surface area contributed by atoms with Gasteiger partial charge in [-0.05, 0) is 13.1 Å². The van der Waals surface area contributed by atoms with E-state index in [0.29, 0.717) is 6.54 Å². The van der Waals surface area contributed by atoms with E-state index < -0.39 is 11.4 Å². The van der Waals surface area contributed by atoms with Crippen LogP contribution in [0.1, 0.15) is 24.2 Å². The highest BCUT2D eigenvalue weighted by Gasteiger charge is 2.08. The molecule has 0 saturated heterocycles. The Kier molecular flexibility index (Phi) is 4.90. The zero-order valence-electron chi connectivity index (χ0n) is 10.2. The van der Waals surface area contributed by atoms with Gasteiger partial charge in [0, 0.05) is 31.5 Å². The summed E-state index contributed by atoms with van der Waals surface area (Å²) >= 11 is 0. The van der Waals surface area contributed by atoms with E-state index in [-0.39, 0.29) is 5.56 Å². The molecule has 5 heteroatoms. The molecule has 17 heavy (non-hydrogen) atoms. The molecule has 0 aliphatic heterocycles. The van der Waals surface area contributed by atoms with Gasteiger partial charge in [0.2, 0.25) is 0 Å². The molecule has 1 aromatic rings. The minimum Gasteiger partial charge on any atom is -0.477 e. The fourth-order valence-corrected chi connectivity index (χ4v) is 1.62. The summed E-state index contributed by atoms with van der Waals surface area (Å²) < 4.78 is 1.74. The molecule has 0 aromatic carbocycles. The standard InChI is InChI=1S/C12H18N2O3/c1-3-13(4-2)7-8-14-6-5-11(15)10(9-14)12(16)17/h5-6,9H,3-4,7-8H2,1-2H3,(H,16,17). The van der Waals surface area contributed by atoms with Crippen LogP contribution in [-0.2, 0) is 6.54 Å². The number of carbonyl (C=O) groups is 1. The van der Waals surface area contributed by atoms with Crippen LogP contribution < -0.4 is 5.43 Å². The summed E-state index contributed by atoms with van der Waals surface area (Å²) in [6.07, 6.45) is 3.02. The van der Waals surface area contributed by atoms with E-state index in [4.69, 9.17) is 5.11 Å². The maximum absolute atomic E-state index is 11.3. The number of rotatable bonds is 6. The first-order valence-corrected chi connectivity index (χ1v) is 5.74. The first-order valence-electron chi connectivity index (χ1n) is 5.74. The van der Waals surface area contributed by atoms with Crippen molar-refractivity contribution >= 4 is 5.97 Å². The highest BCUT2D eigenvalue weighted by atomic mass is 16.4. The molecular weight excluding hydrogens is 220 g/mol. The molecule has 1 rings (SSSR count). The first-order chi connectivity index (χ1) is 8.08. The van der Waals surface area contributed by atoms with E-state index in [1.165, 1.54) is 12.3 Å². The third-order valence-electron chi connectivity index (χ3n) is 2.78. The Morgan fingerprint density at radius 3 is 2.59 bits per heavy atom. The van der Waals surface area contributed by atoms with Gasteiger partial charge in [0.15, 0.2) is 5.43 Å². The van der Waals surface area contributed by atoms with Gasteiger partial charge in [-0.3, -0.25) is 4.79 Å². The molecule has 0 radical (unpaired) electrons. The predicted octanol–water partition coefficient (Wildman–Crippen LogP) is 0.888. The number of nitrogens with zero attached hydrogens (tertiary/aromatic N) is 2. The number of aromatic carboxylic acids is 1. The van der Waals surface area contributed by atoms with Crippen LogP contribution in [-0.4, -0.2) is 40.2 Å². The molecule has 0 atom stereocenters. The van der Waals surface area contributed by atoms with Gasteiger partial charge in [-0.1, -0.05) is 13.8 Å². The Balaban J connectivity index is 2.76. The SMILES string of the molecule is CCN(CC)CCn1ccc(=O)c(C(=O)O)c1. The summed E-state index contributed by atoms with van der Waals surface area (Å²) in [6.45, 7) is 7.61. The Hall–Kier alpha value is -1.62. The highest BCUT2D eigenvalue weighted by molar-refractivity contribution is 5.86. The van der Waals surface area contributed by atoms with E-state index in [1.807, 2.05) is 0 Å². The van der Waals surface area contributed by atoms with Gasteiger partial charge < -0.3 is 14.6 Å². The summed E-state index contributed by atoms with van der Waals surface area (Å²) in [5, 5.41) is 8.84. The van der Waals surface area contributed by atoms with Gasteiger partial charge in [0.25, 0.3) is 0 Å². The fourth-order valence-electron chi connectivity index (χ4n) is 1.62. The summed E-state index contributed by atoms with van der Waals surface area (Å²) in [5.41, 5.74) is -0.622. The van der Waals surface area contributed by atoms with Crippen molar-refractivity contribution in [1.82, 2.24) is 9.47 Å².